The predicted octanol–water partition coefficient (Wildman–Crippen LogP) is 1.43. The third kappa shape index (κ3) is 3.56. The molecule has 1 aromatic rings. The van der Waals surface area contributed by atoms with Crippen molar-refractivity contribution in [3.05, 3.63) is 24.3 Å². The van der Waals surface area contributed by atoms with Gasteiger partial charge in [-0.2, -0.15) is 5.26 Å². The molecule has 0 spiro atoms. The van der Waals surface area contributed by atoms with Gasteiger partial charge in [0.15, 0.2) is 0 Å². The van der Waals surface area contributed by atoms with Crippen molar-refractivity contribution >= 4 is 11.7 Å². The lowest BCUT2D eigenvalue weighted by atomic mass is 10.3. The largest absolute Gasteiger partial charge is 0.506 e. The van der Waals surface area contributed by atoms with Crippen molar-refractivity contribution < 1.29 is 9.90 Å². The van der Waals surface area contributed by atoms with Crippen molar-refractivity contribution in [1.29, 1.82) is 5.26 Å². The van der Waals surface area contributed by atoms with Crippen molar-refractivity contribution in [2.24, 2.45) is 0 Å². The van der Waals surface area contributed by atoms with Crippen LogP contribution in [-0.4, -0.2) is 17.7 Å². The number of nitrogens with one attached hydrogen (secondary N) is 2. The summed E-state index contributed by atoms with van der Waals surface area (Å²) in [4.78, 5) is 11.2. The van der Waals surface area contributed by atoms with Crippen LogP contribution in [0.4, 0.5) is 10.5 Å². The zero-order chi connectivity index (χ0) is 11.1. The third-order valence-corrected chi connectivity index (χ3v) is 1.67. The molecular formula is C10H11N3O2. The highest BCUT2D eigenvalue weighted by atomic mass is 16.3. The third-order valence-electron chi connectivity index (χ3n) is 1.67. The molecule has 0 aliphatic carbocycles. The smallest absolute Gasteiger partial charge is 0.319 e. The number of hydrogen-bond acceptors (Lipinski definition) is 3. The van der Waals surface area contributed by atoms with Gasteiger partial charge < -0.3 is 15.7 Å². The molecule has 0 unspecified atom stereocenters. The Labute approximate surface area is 87.3 Å². The predicted molar refractivity (Wildman–Crippen MR) is 55.4 cm³/mol. The minimum Gasteiger partial charge on any atom is -0.506 e. The molecule has 15 heavy (non-hydrogen) atoms. The number of rotatable bonds is 3. The van der Waals surface area contributed by atoms with E-state index in [0.717, 1.165) is 0 Å². The normalized spacial score (nSPS) is 9.00. The highest BCUT2D eigenvalue weighted by Crippen LogP contribution is 2.20. The average molecular weight is 205 g/mol. The fraction of sp³-hybridized carbons (Fsp3) is 0.200. The Morgan fingerprint density at radius 3 is 2.87 bits per heavy atom. The summed E-state index contributed by atoms with van der Waals surface area (Å²) in [6.45, 7) is 0.288. The molecule has 1 rings (SSSR count). The minimum atomic E-state index is -0.438. The first kappa shape index (κ1) is 10.9. The zero-order valence-electron chi connectivity index (χ0n) is 8.03. The van der Waals surface area contributed by atoms with Crippen LogP contribution in [0.5, 0.6) is 5.75 Å². The van der Waals surface area contributed by atoms with Crippen LogP contribution >= 0.6 is 0 Å². The van der Waals surface area contributed by atoms with Crippen molar-refractivity contribution in [2.45, 2.75) is 6.42 Å². The van der Waals surface area contributed by atoms with E-state index in [0.29, 0.717) is 5.69 Å². The molecule has 1 aromatic carbocycles. The summed E-state index contributed by atoms with van der Waals surface area (Å²) in [6.07, 6.45) is 0.258. The second kappa shape index (κ2) is 5.50. The van der Waals surface area contributed by atoms with Gasteiger partial charge >= 0.3 is 6.03 Å². The van der Waals surface area contributed by atoms with Crippen molar-refractivity contribution in [3.8, 4) is 11.8 Å². The molecule has 78 valence electrons. The van der Waals surface area contributed by atoms with E-state index in [2.05, 4.69) is 10.6 Å². The summed E-state index contributed by atoms with van der Waals surface area (Å²) in [5, 5.41) is 22.5. The van der Waals surface area contributed by atoms with E-state index in [1.807, 2.05) is 6.07 Å². The van der Waals surface area contributed by atoms with Crippen LogP contribution in [-0.2, 0) is 0 Å². The van der Waals surface area contributed by atoms with Crippen LogP contribution in [0.2, 0.25) is 0 Å². The zero-order valence-corrected chi connectivity index (χ0v) is 8.03. The topological polar surface area (TPSA) is 85.2 Å². The van der Waals surface area contributed by atoms with Gasteiger partial charge in [-0.15, -0.1) is 0 Å². The summed E-state index contributed by atoms with van der Waals surface area (Å²) < 4.78 is 0. The maximum atomic E-state index is 11.2. The van der Waals surface area contributed by atoms with Crippen LogP contribution in [0.1, 0.15) is 6.42 Å². The van der Waals surface area contributed by atoms with Gasteiger partial charge in [-0.25, -0.2) is 4.79 Å². The molecule has 3 N–H and O–H groups in total. The number of aromatic hydroxyl groups is 1. The number of phenols is 1. The molecule has 0 aromatic heterocycles. The fourth-order valence-electron chi connectivity index (χ4n) is 0.978. The van der Waals surface area contributed by atoms with Crippen molar-refractivity contribution in [3.63, 3.8) is 0 Å². The highest BCUT2D eigenvalue weighted by Gasteiger charge is 2.03. The lowest BCUT2D eigenvalue weighted by molar-refractivity contribution is 0.252. The Hall–Kier alpha value is -2.22. The SMILES string of the molecule is N#CCCNC(=O)Nc1ccccc1O. The van der Waals surface area contributed by atoms with Crippen LogP contribution in [0.25, 0.3) is 0 Å². The first-order valence-electron chi connectivity index (χ1n) is 4.44. The molecule has 0 atom stereocenters. The van der Waals surface area contributed by atoms with E-state index in [1.54, 1.807) is 18.2 Å². The lowest BCUT2D eigenvalue weighted by Crippen LogP contribution is -2.29. The second-order valence-electron chi connectivity index (χ2n) is 2.81. The van der Waals surface area contributed by atoms with Gasteiger partial charge in [0.1, 0.15) is 5.75 Å². The van der Waals surface area contributed by atoms with Crippen LogP contribution in [0.15, 0.2) is 24.3 Å². The van der Waals surface area contributed by atoms with Gasteiger partial charge in [0.2, 0.25) is 0 Å². The molecule has 0 aliphatic rings. The molecule has 0 saturated carbocycles. The van der Waals surface area contributed by atoms with Gasteiger partial charge in [-0.1, -0.05) is 12.1 Å². The molecule has 0 saturated heterocycles. The fourth-order valence-corrected chi connectivity index (χ4v) is 0.978. The first-order valence-corrected chi connectivity index (χ1v) is 4.44. The van der Waals surface area contributed by atoms with Crippen LogP contribution in [0, 0.1) is 11.3 Å². The summed E-state index contributed by atoms with van der Waals surface area (Å²) in [5.41, 5.74) is 0.340. The van der Waals surface area contributed by atoms with Crippen LogP contribution < -0.4 is 10.6 Å². The molecule has 0 aliphatic heterocycles. The van der Waals surface area contributed by atoms with Gasteiger partial charge in [-0.3, -0.25) is 0 Å². The maximum absolute atomic E-state index is 11.2. The number of urea groups is 1. The van der Waals surface area contributed by atoms with Gasteiger partial charge in [-0.05, 0) is 12.1 Å². The van der Waals surface area contributed by atoms with Crippen molar-refractivity contribution in [2.75, 3.05) is 11.9 Å². The Kier molecular flexibility index (Phi) is 3.98. The Morgan fingerprint density at radius 1 is 1.47 bits per heavy atom. The minimum absolute atomic E-state index is 0.00735. The van der Waals surface area contributed by atoms with Gasteiger partial charge in [0, 0.05) is 6.54 Å². The van der Waals surface area contributed by atoms with E-state index in [4.69, 9.17) is 5.26 Å². The number of nitrogens with zero attached hydrogens (tertiary/aromatic N) is 1. The Bertz CT molecular complexity index is 384. The number of benzene rings is 1. The number of para-hydroxylation sites is 2. The van der Waals surface area contributed by atoms with E-state index in [1.165, 1.54) is 6.07 Å². The number of nitriles is 1. The molecule has 5 nitrogen and oxygen atoms in total. The summed E-state index contributed by atoms with van der Waals surface area (Å²) in [7, 11) is 0. The first-order chi connectivity index (χ1) is 7.24. The summed E-state index contributed by atoms with van der Waals surface area (Å²) in [5.74, 6) is 0.00735. The summed E-state index contributed by atoms with van der Waals surface area (Å²) >= 11 is 0. The van der Waals surface area contributed by atoms with E-state index < -0.39 is 6.03 Å². The Morgan fingerprint density at radius 2 is 2.20 bits per heavy atom. The molecule has 0 bridgehead atoms. The van der Waals surface area contributed by atoms with Gasteiger partial charge in [0.05, 0.1) is 18.2 Å². The molecule has 0 heterocycles. The number of anilines is 1. The molecule has 0 radical (unpaired) electrons. The van der Waals surface area contributed by atoms with E-state index in [-0.39, 0.29) is 18.7 Å². The number of phenolic OH excluding ortho intramolecular Hbond substituents is 1. The highest BCUT2D eigenvalue weighted by molar-refractivity contribution is 5.90. The standard InChI is InChI=1S/C10H11N3O2/c11-6-3-7-12-10(15)13-8-4-1-2-5-9(8)14/h1-2,4-5,14H,3,7H2,(H2,12,13,15). The number of amides is 2. The van der Waals surface area contributed by atoms with E-state index >= 15 is 0 Å². The Balaban J connectivity index is 2.45. The van der Waals surface area contributed by atoms with Crippen LogP contribution in [0.3, 0.4) is 0 Å². The number of carbonyl (C=O) groups excluding carboxylic acids is 1. The maximum Gasteiger partial charge on any atom is 0.319 e. The molecule has 0 fully saturated rings. The quantitative estimate of drug-likeness (QED) is 0.515. The molecule has 5 heteroatoms. The van der Waals surface area contributed by atoms with Gasteiger partial charge in [0.25, 0.3) is 0 Å². The molecular weight excluding hydrogens is 194 g/mol. The summed E-state index contributed by atoms with van der Waals surface area (Å²) in [6, 6.07) is 7.89. The lowest BCUT2D eigenvalue weighted by Gasteiger charge is -2.07. The second-order valence-corrected chi connectivity index (χ2v) is 2.81. The average Bonchev–Trinajstić information content (AvgIpc) is 2.22. The van der Waals surface area contributed by atoms with Crippen molar-refractivity contribution in [1.82, 2.24) is 5.32 Å². The number of hydrogen-bond donors (Lipinski definition) is 3. The van der Waals surface area contributed by atoms with E-state index in [9.17, 15) is 9.90 Å². The monoisotopic (exact) mass is 205 g/mol. The number of carbonyl (C=O) groups is 1. The molecule has 2 amide bonds.